The maximum Gasteiger partial charge on any atom is 0.259 e. The van der Waals surface area contributed by atoms with Gasteiger partial charge in [0.25, 0.3) is 11.8 Å². The number of carbonyl (C=O) groups is 2. The minimum atomic E-state index is -0.266. The van der Waals surface area contributed by atoms with Crippen molar-refractivity contribution in [2.75, 3.05) is 0 Å². The first-order chi connectivity index (χ1) is 8.65. The maximum atomic E-state index is 11.8. The van der Waals surface area contributed by atoms with Crippen molar-refractivity contribution in [3.8, 4) is 0 Å². The summed E-state index contributed by atoms with van der Waals surface area (Å²) in [5, 5.41) is 2.37. The molecule has 96 valence electrons. The molecule has 0 aliphatic carbocycles. The molecule has 0 fully saturated rings. The van der Waals surface area contributed by atoms with Gasteiger partial charge in [-0.25, -0.2) is 0 Å². The van der Waals surface area contributed by atoms with E-state index < -0.39 is 0 Å². The quantitative estimate of drug-likeness (QED) is 0.639. The molecule has 18 heavy (non-hydrogen) atoms. The molecule has 3 nitrogen and oxygen atoms in total. The smallest absolute Gasteiger partial charge is 0.259 e. The van der Waals surface area contributed by atoms with Crippen molar-refractivity contribution in [3.63, 3.8) is 0 Å². The number of amides is 2. The zero-order valence-electron chi connectivity index (χ0n) is 11.0. The highest BCUT2D eigenvalue weighted by Gasteiger charge is 2.30. The highest BCUT2D eigenvalue weighted by molar-refractivity contribution is 6.22. The number of rotatable bonds is 5. The highest BCUT2D eigenvalue weighted by atomic mass is 16.2. The van der Waals surface area contributed by atoms with Crippen molar-refractivity contribution in [3.05, 3.63) is 34.9 Å². The van der Waals surface area contributed by atoms with Crippen LogP contribution < -0.4 is 5.32 Å². The lowest BCUT2D eigenvalue weighted by Crippen LogP contribution is -2.20. The minimum Gasteiger partial charge on any atom is -0.288 e. The second-order valence-corrected chi connectivity index (χ2v) is 4.95. The van der Waals surface area contributed by atoms with Crippen LogP contribution in [0.5, 0.6) is 0 Å². The van der Waals surface area contributed by atoms with Gasteiger partial charge in [0, 0.05) is 0 Å². The number of hydrogen-bond donors (Lipinski definition) is 1. The number of carbonyl (C=O) groups excluding carboxylic acids is 2. The Morgan fingerprint density at radius 3 is 2.67 bits per heavy atom. The first-order valence-electron chi connectivity index (χ1n) is 6.63. The molecule has 1 aromatic rings. The topological polar surface area (TPSA) is 46.2 Å². The standard InChI is InChI=1S/C15H19NO2/c1-3-4-5-7-10(2)11-8-6-9-12-13(11)15(18)16-14(12)17/h6,8-10H,3-5,7H2,1-2H3,(H,16,17,18). The zero-order chi connectivity index (χ0) is 13.1. The molecule has 1 N–H and O–H groups in total. The van der Waals surface area contributed by atoms with Gasteiger partial charge >= 0.3 is 0 Å². The number of fused-ring (bicyclic) bond motifs is 1. The van der Waals surface area contributed by atoms with E-state index in [-0.39, 0.29) is 11.8 Å². The Kier molecular flexibility index (Phi) is 3.80. The van der Waals surface area contributed by atoms with Gasteiger partial charge < -0.3 is 0 Å². The molecule has 0 spiro atoms. The van der Waals surface area contributed by atoms with E-state index >= 15 is 0 Å². The summed E-state index contributed by atoms with van der Waals surface area (Å²) in [6.07, 6.45) is 4.63. The molecule has 1 atom stereocenters. The van der Waals surface area contributed by atoms with Gasteiger partial charge in [0.05, 0.1) is 11.1 Å². The lowest BCUT2D eigenvalue weighted by atomic mass is 9.89. The first kappa shape index (κ1) is 12.8. The first-order valence-corrected chi connectivity index (χ1v) is 6.63. The van der Waals surface area contributed by atoms with E-state index in [9.17, 15) is 9.59 Å². The van der Waals surface area contributed by atoms with Crippen LogP contribution in [0.3, 0.4) is 0 Å². The van der Waals surface area contributed by atoms with Crippen molar-refractivity contribution in [1.29, 1.82) is 0 Å². The van der Waals surface area contributed by atoms with Crippen LogP contribution in [0.25, 0.3) is 0 Å². The summed E-state index contributed by atoms with van der Waals surface area (Å²) < 4.78 is 0. The third-order valence-corrected chi connectivity index (χ3v) is 3.57. The summed E-state index contributed by atoms with van der Waals surface area (Å²) in [7, 11) is 0. The van der Waals surface area contributed by atoms with E-state index in [2.05, 4.69) is 19.2 Å². The number of imide groups is 1. The van der Waals surface area contributed by atoms with Gasteiger partial charge in [-0.1, -0.05) is 45.2 Å². The SMILES string of the molecule is CCCCCC(C)c1cccc2c1C(=O)NC2=O. The second kappa shape index (κ2) is 5.34. The molecule has 1 aromatic carbocycles. The third-order valence-electron chi connectivity index (χ3n) is 3.57. The van der Waals surface area contributed by atoms with E-state index in [0.717, 1.165) is 18.4 Å². The normalized spacial score (nSPS) is 15.4. The molecule has 0 saturated carbocycles. The highest BCUT2D eigenvalue weighted by Crippen LogP contribution is 2.29. The summed E-state index contributed by atoms with van der Waals surface area (Å²) in [4.78, 5) is 23.4. The molecule has 3 heteroatoms. The van der Waals surface area contributed by atoms with Crippen LogP contribution in [0.4, 0.5) is 0 Å². The largest absolute Gasteiger partial charge is 0.288 e. The van der Waals surface area contributed by atoms with E-state index in [0.29, 0.717) is 17.0 Å². The van der Waals surface area contributed by atoms with Crippen LogP contribution in [-0.2, 0) is 0 Å². The summed E-state index contributed by atoms with van der Waals surface area (Å²) in [5.74, 6) is -0.186. The van der Waals surface area contributed by atoms with Crippen molar-refractivity contribution in [2.45, 2.75) is 45.4 Å². The monoisotopic (exact) mass is 245 g/mol. The van der Waals surface area contributed by atoms with Crippen LogP contribution >= 0.6 is 0 Å². The van der Waals surface area contributed by atoms with Gasteiger partial charge in [-0.15, -0.1) is 0 Å². The van der Waals surface area contributed by atoms with Crippen LogP contribution in [0.1, 0.15) is 71.7 Å². The molecular formula is C15H19NO2. The summed E-state index contributed by atoms with van der Waals surface area (Å²) >= 11 is 0. The number of unbranched alkanes of at least 4 members (excludes halogenated alkanes) is 2. The van der Waals surface area contributed by atoms with Gasteiger partial charge in [-0.2, -0.15) is 0 Å². The van der Waals surface area contributed by atoms with Crippen LogP contribution in [-0.4, -0.2) is 11.8 Å². The Hall–Kier alpha value is -1.64. The van der Waals surface area contributed by atoms with Crippen LogP contribution in [0.2, 0.25) is 0 Å². The van der Waals surface area contributed by atoms with Crippen molar-refractivity contribution in [2.24, 2.45) is 0 Å². The van der Waals surface area contributed by atoms with Gasteiger partial charge in [0.1, 0.15) is 0 Å². The van der Waals surface area contributed by atoms with Crippen molar-refractivity contribution < 1.29 is 9.59 Å². The van der Waals surface area contributed by atoms with Gasteiger partial charge in [0.15, 0.2) is 0 Å². The van der Waals surface area contributed by atoms with Crippen LogP contribution in [0.15, 0.2) is 18.2 Å². The molecule has 1 aliphatic heterocycles. The molecule has 2 amide bonds. The molecule has 1 aliphatic rings. The predicted molar refractivity (Wildman–Crippen MR) is 70.8 cm³/mol. The lowest BCUT2D eigenvalue weighted by Gasteiger charge is -2.14. The average molecular weight is 245 g/mol. The Bertz CT molecular complexity index is 479. The fourth-order valence-electron chi connectivity index (χ4n) is 2.51. The predicted octanol–water partition coefficient (Wildman–Crippen LogP) is 3.25. The van der Waals surface area contributed by atoms with E-state index in [4.69, 9.17) is 0 Å². The molecule has 0 bridgehead atoms. The minimum absolute atomic E-state index is 0.243. The van der Waals surface area contributed by atoms with Crippen molar-refractivity contribution in [1.82, 2.24) is 5.32 Å². The molecule has 1 unspecified atom stereocenters. The van der Waals surface area contributed by atoms with E-state index in [1.165, 1.54) is 12.8 Å². The summed E-state index contributed by atoms with van der Waals surface area (Å²) in [6.45, 7) is 4.30. The third kappa shape index (κ3) is 2.30. The Morgan fingerprint density at radius 1 is 1.17 bits per heavy atom. The Labute approximate surface area is 108 Å². The summed E-state index contributed by atoms with van der Waals surface area (Å²) in [6, 6.07) is 5.55. The number of benzene rings is 1. The number of hydrogen-bond acceptors (Lipinski definition) is 2. The molecule has 2 rings (SSSR count). The van der Waals surface area contributed by atoms with Gasteiger partial charge in [0.2, 0.25) is 0 Å². The Balaban J connectivity index is 2.24. The number of nitrogens with one attached hydrogen (secondary N) is 1. The van der Waals surface area contributed by atoms with Crippen LogP contribution in [0, 0.1) is 0 Å². The van der Waals surface area contributed by atoms with E-state index in [1.54, 1.807) is 6.07 Å². The summed E-state index contributed by atoms with van der Waals surface area (Å²) in [5.41, 5.74) is 2.12. The molecule has 1 heterocycles. The fraction of sp³-hybridized carbons (Fsp3) is 0.467. The second-order valence-electron chi connectivity index (χ2n) is 4.95. The average Bonchev–Trinajstić information content (AvgIpc) is 2.65. The molecular weight excluding hydrogens is 226 g/mol. The Morgan fingerprint density at radius 2 is 1.94 bits per heavy atom. The molecule has 0 radical (unpaired) electrons. The maximum absolute atomic E-state index is 11.8. The van der Waals surface area contributed by atoms with Crippen molar-refractivity contribution >= 4 is 11.8 Å². The van der Waals surface area contributed by atoms with Gasteiger partial charge in [-0.3, -0.25) is 14.9 Å². The molecule has 0 aromatic heterocycles. The van der Waals surface area contributed by atoms with E-state index in [1.807, 2.05) is 12.1 Å². The lowest BCUT2D eigenvalue weighted by molar-refractivity contribution is 0.0879. The zero-order valence-corrected chi connectivity index (χ0v) is 11.0. The van der Waals surface area contributed by atoms with Gasteiger partial charge in [-0.05, 0) is 24.0 Å². The fourth-order valence-corrected chi connectivity index (χ4v) is 2.51. The molecule has 0 saturated heterocycles.